The molecule has 2 rings (SSSR count). The quantitative estimate of drug-likeness (QED) is 0.750. The van der Waals surface area contributed by atoms with Gasteiger partial charge in [-0.3, -0.25) is 4.55 Å². The highest BCUT2D eigenvalue weighted by Crippen LogP contribution is 2.33. The van der Waals surface area contributed by atoms with E-state index >= 15 is 0 Å². The van der Waals surface area contributed by atoms with E-state index in [1.807, 2.05) is 29.6 Å². The van der Waals surface area contributed by atoms with Crippen LogP contribution in [0.2, 0.25) is 0 Å². The third-order valence-corrected chi connectivity index (χ3v) is 2.77. The zero-order chi connectivity index (χ0) is 8.39. The van der Waals surface area contributed by atoms with Gasteiger partial charge in [0.05, 0.1) is 0 Å². The fourth-order valence-electron chi connectivity index (χ4n) is 1.06. The molecule has 1 aromatic heterocycles. The van der Waals surface area contributed by atoms with Crippen molar-refractivity contribution in [2.24, 2.45) is 0 Å². The van der Waals surface area contributed by atoms with E-state index in [1.54, 1.807) is 11.3 Å². The fourth-order valence-corrected chi connectivity index (χ4v) is 2.20. The molecule has 0 spiro atoms. The van der Waals surface area contributed by atoms with Crippen LogP contribution in [0.25, 0.3) is 10.1 Å². The molecule has 1 N–H and O–H groups in total. The first-order valence-electron chi connectivity index (χ1n) is 3.36. The summed E-state index contributed by atoms with van der Waals surface area (Å²) >= 11 is 1.99. The summed E-state index contributed by atoms with van der Waals surface area (Å²) in [7, 11) is 0. The Labute approximate surface area is 78.2 Å². The minimum atomic E-state index is 0.381. The number of rotatable bonds is 2. The zero-order valence-electron chi connectivity index (χ0n) is 6.06. The molecule has 0 aliphatic heterocycles. The largest absolute Gasteiger partial charge is 0.399 e. The van der Waals surface area contributed by atoms with Crippen LogP contribution in [-0.2, 0) is 0 Å². The topological polar surface area (TPSA) is 29.5 Å². The zero-order valence-corrected chi connectivity index (χ0v) is 7.69. The Morgan fingerprint density at radius 3 is 3.00 bits per heavy atom. The van der Waals surface area contributed by atoms with Crippen molar-refractivity contribution in [1.29, 1.82) is 0 Å². The molecule has 0 atom stereocenters. The van der Waals surface area contributed by atoms with Crippen molar-refractivity contribution in [2.45, 2.75) is 0 Å². The van der Waals surface area contributed by atoms with Crippen molar-refractivity contribution in [2.75, 3.05) is 0 Å². The average molecular weight is 198 g/mol. The number of hydrogen-bond acceptors (Lipinski definition) is 4. The minimum absolute atomic E-state index is 0.381. The summed E-state index contributed by atoms with van der Waals surface area (Å²) in [6.07, 6.45) is 0. The monoisotopic (exact) mass is 198 g/mol. The second-order valence-corrected chi connectivity index (χ2v) is 3.48. The SMILES string of the molecule is OSOc1csc2ccccc12. The molecular weight excluding hydrogens is 192 g/mol. The Bertz CT molecular complexity index is 383. The molecule has 1 aromatic carbocycles. The van der Waals surface area contributed by atoms with Crippen LogP contribution >= 0.6 is 23.7 Å². The van der Waals surface area contributed by atoms with Gasteiger partial charge in [0.15, 0.2) is 5.75 Å². The Morgan fingerprint density at radius 1 is 1.33 bits per heavy atom. The maximum atomic E-state index is 8.50. The molecule has 0 bridgehead atoms. The van der Waals surface area contributed by atoms with Gasteiger partial charge in [0.2, 0.25) is 12.3 Å². The average Bonchev–Trinajstić information content (AvgIpc) is 2.50. The number of fused-ring (bicyclic) bond motifs is 1. The molecule has 12 heavy (non-hydrogen) atoms. The van der Waals surface area contributed by atoms with Gasteiger partial charge in [0.25, 0.3) is 0 Å². The van der Waals surface area contributed by atoms with Crippen LogP contribution in [0.4, 0.5) is 0 Å². The van der Waals surface area contributed by atoms with Gasteiger partial charge >= 0.3 is 0 Å². The first-order valence-corrected chi connectivity index (χ1v) is 4.94. The molecule has 2 nitrogen and oxygen atoms in total. The van der Waals surface area contributed by atoms with Gasteiger partial charge in [-0.25, -0.2) is 0 Å². The summed E-state index contributed by atoms with van der Waals surface area (Å²) in [5.41, 5.74) is 0. The molecule has 2 aromatic rings. The lowest BCUT2D eigenvalue weighted by molar-refractivity contribution is 0.545. The van der Waals surface area contributed by atoms with Gasteiger partial charge < -0.3 is 4.18 Å². The Morgan fingerprint density at radius 2 is 2.17 bits per heavy atom. The van der Waals surface area contributed by atoms with Gasteiger partial charge in [-0.1, -0.05) is 12.1 Å². The molecule has 0 fully saturated rings. The third-order valence-electron chi connectivity index (χ3n) is 1.57. The van der Waals surface area contributed by atoms with E-state index < -0.39 is 0 Å². The van der Waals surface area contributed by atoms with Crippen LogP contribution in [-0.4, -0.2) is 4.55 Å². The summed E-state index contributed by atoms with van der Waals surface area (Å²) in [5, 5.41) is 2.93. The molecule has 4 heteroatoms. The van der Waals surface area contributed by atoms with E-state index in [0.717, 1.165) is 11.1 Å². The first kappa shape index (κ1) is 7.91. The lowest BCUT2D eigenvalue weighted by Gasteiger charge is -1.94. The molecule has 0 saturated heterocycles. The van der Waals surface area contributed by atoms with Gasteiger partial charge in [0.1, 0.15) is 0 Å². The molecule has 0 aliphatic carbocycles. The van der Waals surface area contributed by atoms with Crippen molar-refractivity contribution in [3.05, 3.63) is 29.6 Å². The maximum Gasteiger partial charge on any atom is 0.222 e. The highest BCUT2D eigenvalue weighted by Gasteiger charge is 2.03. The van der Waals surface area contributed by atoms with E-state index in [9.17, 15) is 0 Å². The minimum Gasteiger partial charge on any atom is -0.399 e. The van der Waals surface area contributed by atoms with E-state index in [2.05, 4.69) is 0 Å². The normalized spacial score (nSPS) is 10.4. The molecule has 0 aliphatic rings. The summed E-state index contributed by atoms with van der Waals surface area (Å²) in [6, 6.07) is 7.92. The van der Waals surface area contributed by atoms with Crippen LogP contribution < -0.4 is 4.18 Å². The van der Waals surface area contributed by atoms with Gasteiger partial charge in [0, 0.05) is 15.5 Å². The van der Waals surface area contributed by atoms with Crippen molar-refractivity contribution in [3.63, 3.8) is 0 Å². The van der Waals surface area contributed by atoms with Crippen LogP contribution in [0.15, 0.2) is 29.6 Å². The van der Waals surface area contributed by atoms with Crippen LogP contribution in [0.3, 0.4) is 0 Å². The smallest absolute Gasteiger partial charge is 0.222 e. The number of thiophene rings is 1. The third kappa shape index (κ3) is 1.29. The highest BCUT2D eigenvalue weighted by atomic mass is 32.2. The maximum absolute atomic E-state index is 8.50. The van der Waals surface area contributed by atoms with E-state index in [4.69, 9.17) is 8.74 Å². The fraction of sp³-hybridized carbons (Fsp3) is 0. The van der Waals surface area contributed by atoms with Gasteiger partial charge in [-0.05, 0) is 12.1 Å². The van der Waals surface area contributed by atoms with Crippen LogP contribution in [0.1, 0.15) is 0 Å². The highest BCUT2D eigenvalue weighted by molar-refractivity contribution is 7.89. The lowest BCUT2D eigenvalue weighted by atomic mass is 10.2. The molecule has 0 amide bonds. The summed E-state index contributed by atoms with van der Waals surface area (Å²) < 4.78 is 14.6. The summed E-state index contributed by atoms with van der Waals surface area (Å²) in [4.78, 5) is 0. The van der Waals surface area contributed by atoms with E-state index in [0.29, 0.717) is 12.3 Å². The van der Waals surface area contributed by atoms with Crippen molar-refractivity contribution >= 4 is 33.7 Å². The Hall–Kier alpha value is -0.710. The lowest BCUT2D eigenvalue weighted by Crippen LogP contribution is -1.75. The van der Waals surface area contributed by atoms with Crippen molar-refractivity contribution in [1.82, 2.24) is 0 Å². The molecule has 0 saturated carbocycles. The molecule has 62 valence electrons. The second kappa shape index (κ2) is 3.35. The van der Waals surface area contributed by atoms with Gasteiger partial charge in [-0.15, -0.1) is 11.3 Å². The predicted molar refractivity (Wildman–Crippen MR) is 52.7 cm³/mol. The Kier molecular flexibility index (Phi) is 2.21. The van der Waals surface area contributed by atoms with Gasteiger partial charge in [-0.2, -0.15) is 0 Å². The number of hydrogen-bond donors (Lipinski definition) is 1. The Balaban J connectivity index is 2.55. The molecular formula is C8H6O2S2. The molecule has 0 unspecified atom stereocenters. The first-order chi connectivity index (χ1) is 5.92. The predicted octanol–water partition coefficient (Wildman–Crippen LogP) is 3.40. The summed E-state index contributed by atoms with van der Waals surface area (Å²) in [6.45, 7) is 0. The molecule has 0 radical (unpaired) electrons. The summed E-state index contributed by atoms with van der Waals surface area (Å²) in [5.74, 6) is 0.725. The second-order valence-electron chi connectivity index (χ2n) is 2.25. The van der Waals surface area contributed by atoms with Crippen molar-refractivity contribution in [3.8, 4) is 5.75 Å². The van der Waals surface area contributed by atoms with Crippen molar-refractivity contribution < 1.29 is 8.74 Å². The van der Waals surface area contributed by atoms with Crippen LogP contribution in [0.5, 0.6) is 5.75 Å². The van der Waals surface area contributed by atoms with E-state index in [-0.39, 0.29) is 0 Å². The standard InChI is InChI=1S/C8H6O2S2/c9-12-10-7-5-11-8-4-2-1-3-6(7)8/h1-5,9H. The van der Waals surface area contributed by atoms with Crippen LogP contribution in [0, 0.1) is 0 Å². The van der Waals surface area contributed by atoms with E-state index in [1.165, 1.54) is 4.70 Å². The molecule has 1 heterocycles. The number of benzene rings is 1.